The SMILES string of the molecule is N#Cc1cccc(-c2nc(N)c(C(=O)NOCC3(O)CCC3)c(OC3CCS(=O)CC3)n2)c1. The van der Waals surface area contributed by atoms with Crippen LogP contribution in [0.25, 0.3) is 11.4 Å². The average Bonchev–Trinajstić information content (AvgIpc) is 2.79. The lowest BCUT2D eigenvalue weighted by atomic mass is 9.81. The van der Waals surface area contributed by atoms with Gasteiger partial charge in [0.25, 0.3) is 5.91 Å². The Kier molecular flexibility index (Phi) is 6.88. The minimum atomic E-state index is -0.929. The highest BCUT2D eigenvalue weighted by atomic mass is 32.2. The van der Waals surface area contributed by atoms with Crippen LogP contribution in [0, 0.1) is 11.3 Å². The molecule has 1 aromatic heterocycles. The molecule has 2 fully saturated rings. The third-order valence-electron chi connectivity index (χ3n) is 5.78. The lowest BCUT2D eigenvalue weighted by molar-refractivity contribution is -0.113. The molecule has 1 aromatic carbocycles. The topological polar surface area (TPSA) is 160 Å². The Bertz CT molecular complexity index is 1100. The Morgan fingerprint density at radius 1 is 1.33 bits per heavy atom. The standard InChI is InChI=1S/C22H25N5O5S/c23-12-14-3-1-4-15(11-14)19-25-18(24)17(20(28)27-31-13-22(29)7-2-8-22)21(26-19)32-16-5-9-33(30)10-6-16/h1,3-4,11,16,29H,2,5-10,13H2,(H,27,28)(H2,24,25,26). The van der Waals surface area contributed by atoms with Crippen molar-refractivity contribution in [3.8, 4) is 23.3 Å². The Hall–Kier alpha value is -3.07. The first-order valence-electron chi connectivity index (χ1n) is 10.7. The Morgan fingerprint density at radius 2 is 2.09 bits per heavy atom. The van der Waals surface area contributed by atoms with E-state index in [-0.39, 0.29) is 35.8 Å². The molecular weight excluding hydrogens is 446 g/mol. The maximum atomic E-state index is 12.9. The number of benzene rings is 1. The smallest absolute Gasteiger partial charge is 0.284 e. The highest BCUT2D eigenvalue weighted by Gasteiger charge is 2.35. The second-order valence-electron chi connectivity index (χ2n) is 8.27. The number of ether oxygens (including phenoxy) is 1. The zero-order valence-corrected chi connectivity index (χ0v) is 18.8. The molecule has 11 heteroatoms. The summed E-state index contributed by atoms with van der Waals surface area (Å²) in [5.74, 6) is 0.403. The van der Waals surface area contributed by atoms with Gasteiger partial charge in [-0.05, 0) is 44.2 Å². The number of nitrogens with one attached hydrogen (secondary N) is 1. The summed E-state index contributed by atoms with van der Waals surface area (Å²) in [5, 5.41) is 19.3. The molecule has 1 aliphatic heterocycles. The van der Waals surface area contributed by atoms with Crippen LogP contribution in [-0.4, -0.2) is 55.0 Å². The summed E-state index contributed by atoms with van der Waals surface area (Å²) in [5.41, 5.74) is 8.40. The molecule has 2 aromatic rings. The molecule has 1 saturated carbocycles. The van der Waals surface area contributed by atoms with Crippen molar-refractivity contribution in [2.24, 2.45) is 0 Å². The van der Waals surface area contributed by atoms with Crippen molar-refractivity contribution in [3.63, 3.8) is 0 Å². The molecule has 0 unspecified atom stereocenters. The minimum Gasteiger partial charge on any atom is -0.474 e. The number of amides is 1. The van der Waals surface area contributed by atoms with Crippen LogP contribution in [0.1, 0.15) is 48.0 Å². The fraction of sp³-hybridized carbons (Fsp3) is 0.455. The number of aliphatic hydroxyl groups is 1. The number of nitrogens with zero attached hydrogens (tertiary/aromatic N) is 3. The first-order chi connectivity index (χ1) is 15.9. The van der Waals surface area contributed by atoms with Gasteiger partial charge in [-0.2, -0.15) is 10.2 Å². The number of nitrogen functional groups attached to an aromatic ring is 1. The zero-order chi connectivity index (χ0) is 23.4. The van der Waals surface area contributed by atoms with Gasteiger partial charge in [0.2, 0.25) is 5.88 Å². The van der Waals surface area contributed by atoms with Gasteiger partial charge in [0.15, 0.2) is 5.82 Å². The summed E-state index contributed by atoms with van der Waals surface area (Å²) in [6.45, 7) is -0.0385. The maximum absolute atomic E-state index is 12.9. The van der Waals surface area contributed by atoms with Gasteiger partial charge in [0.05, 0.1) is 17.2 Å². The van der Waals surface area contributed by atoms with Crippen molar-refractivity contribution in [3.05, 3.63) is 35.4 Å². The van der Waals surface area contributed by atoms with Crippen LogP contribution in [0.2, 0.25) is 0 Å². The van der Waals surface area contributed by atoms with Crippen LogP contribution in [0.3, 0.4) is 0 Å². The quantitative estimate of drug-likeness (QED) is 0.508. The van der Waals surface area contributed by atoms with E-state index in [1.807, 2.05) is 0 Å². The van der Waals surface area contributed by atoms with Gasteiger partial charge in [0.1, 0.15) is 24.1 Å². The molecule has 10 nitrogen and oxygen atoms in total. The van der Waals surface area contributed by atoms with Gasteiger partial charge < -0.3 is 15.6 Å². The Balaban J connectivity index is 1.61. The molecule has 0 spiro atoms. The summed E-state index contributed by atoms with van der Waals surface area (Å²) < 4.78 is 17.7. The van der Waals surface area contributed by atoms with Crippen LogP contribution < -0.4 is 16.0 Å². The average molecular weight is 472 g/mol. The molecular formula is C22H25N5O5S. The normalized spacial score (nSPS) is 21.5. The molecule has 0 bridgehead atoms. The third-order valence-corrected chi connectivity index (χ3v) is 7.17. The van der Waals surface area contributed by atoms with Crippen LogP contribution in [0.15, 0.2) is 24.3 Å². The highest BCUT2D eigenvalue weighted by molar-refractivity contribution is 7.85. The van der Waals surface area contributed by atoms with Crippen molar-refractivity contribution >= 4 is 22.5 Å². The van der Waals surface area contributed by atoms with Crippen molar-refractivity contribution in [1.29, 1.82) is 5.26 Å². The molecule has 0 atom stereocenters. The van der Waals surface area contributed by atoms with Gasteiger partial charge in [-0.15, -0.1) is 0 Å². The van der Waals surface area contributed by atoms with E-state index >= 15 is 0 Å². The van der Waals surface area contributed by atoms with E-state index in [1.165, 1.54) is 0 Å². The van der Waals surface area contributed by atoms with Crippen molar-refractivity contribution in [2.75, 3.05) is 23.8 Å². The van der Waals surface area contributed by atoms with E-state index in [0.29, 0.717) is 48.3 Å². The van der Waals surface area contributed by atoms with Gasteiger partial charge in [0, 0.05) is 27.9 Å². The lowest BCUT2D eigenvalue weighted by Gasteiger charge is -2.35. The predicted octanol–water partition coefficient (Wildman–Crippen LogP) is 1.46. The number of hydrogen-bond acceptors (Lipinski definition) is 9. The van der Waals surface area contributed by atoms with Crippen molar-refractivity contribution < 1.29 is 23.7 Å². The van der Waals surface area contributed by atoms with E-state index in [4.69, 9.17) is 15.3 Å². The van der Waals surface area contributed by atoms with E-state index in [0.717, 1.165) is 6.42 Å². The predicted molar refractivity (Wildman–Crippen MR) is 120 cm³/mol. The van der Waals surface area contributed by atoms with E-state index in [1.54, 1.807) is 24.3 Å². The molecule has 1 saturated heterocycles. The van der Waals surface area contributed by atoms with Gasteiger partial charge in [-0.3, -0.25) is 13.8 Å². The second-order valence-corrected chi connectivity index (χ2v) is 9.96. The molecule has 1 amide bonds. The lowest BCUT2D eigenvalue weighted by Crippen LogP contribution is -2.44. The van der Waals surface area contributed by atoms with Crippen LogP contribution in [0.4, 0.5) is 5.82 Å². The third kappa shape index (κ3) is 5.47. The molecule has 33 heavy (non-hydrogen) atoms. The zero-order valence-electron chi connectivity index (χ0n) is 18.0. The second kappa shape index (κ2) is 9.82. The summed E-state index contributed by atoms with van der Waals surface area (Å²) >= 11 is 0. The first-order valence-corrected chi connectivity index (χ1v) is 12.2. The fourth-order valence-electron chi connectivity index (χ4n) is 3.68. The van der Waals surface area contributed by atoms with Gasteiger partial charge >= 0.3 is 0 Å². The van der Waals surface area contributed by atoms with Crippen LogP contribution in [-0.2, 0) is 15.6 Å². The Morgan fingerprint density at radius 3 is 2.76 bits per heavy atom. The summed E-state index contributed by atoms with van der Waals surface area (Å²) in [7, 11) is -0.875. The number of hydrogen-bond donors (Lipinski definition) is 3. The number of carbonyl (C=O) groups excluding carboxylic acids is 1. The van der Waals surface area contributed by atoms with Crippen molar-refractivity contribution in [1.82, 2.24) is 15.4 Å². The summed E-state index contributed by atoms with van der Waals surface area (Å²) in [6.07, 6.45) is 2.97. The number of carbonyl (C=O) groups is 1. The molecule has 174 valence electrons. The van der Waals surface area contributed by atoms with E-state index < -0.39 is 22.3 Å². The highest BCUT2D eigenvalue weighted by Crippen LogP contribution is 2.32. The largest absolute Gasteiger partial charge is 0.474 e. The molecule has 2 aliphatic rings. The number of hydroxylamine groups is 1. The van der Waals surface area contributed by atoms with E-state index in [2.05, 4.69) is 21.5 Å². The van der Waals surface area contributed by atoms with Crippen molar-refractivity contribution in [2.45, 2.75) is 43.8 Å². The summed E-state index contributed by atoms with van der Waals surface area (Å²) in [6, 6.07) is 8.76. The number of anilines is 1. The molecule has 0 radical (unpaired) electrons. The monoisotopic (exact) mass is 471 g/mol. The molecule has 2 heterocycles. The fourth-order valence-corrected chi connectivity index (χ4v) is 4.93. The van der Waals surface area contributed by atoms with Gasteiger partial charge in [-0.1, -0.05) is 12.1 Å². The number of nitriles is 1. The van der Waals surface area contributed by atoms with Crippen LogP contribution >= 0.6 is 0 Å². The molecule has 4 N–H and O–H groups in total. The number of aromatic nitrogens is 2. The molecule has 4 rings (SSSR count). The van der Waals surface area contributed by atoms with Crippen LogP contribution in [0.5, 0.6) is 5.88 Å². The minimum absolute atomic E-state index is 0.0130. The van der Waals surface area contributed by atoms with Gasteiger partial charge in [-0.25, -0.2) is 10.5 Å². The first kappa shape index (κ1) is 23.1. The Labute approximate surface area is 193 Å². The van der Waals surface area contributed by atoms with E-state index in [9.17, 15) is 19.4 Å². The number of nitrogens with two attached hydrogens (primary N) is 1. The maximum Gasteiger partial charge on any atom is 0.284 e. The number of rotatable bonds is 7. The summed E-state index contributed by atoms with van der Waals surface area (Å²) in [4.78, 5) is 26.8. The molecule has 1 aliphatic carbocycles.